The van der Waals surface area contributed by atoms with E-state index in [2.05, 4.69) is 31.9 Å². The van der Waals surface area contributed by atoms with Gasteiger partial charge in [0.1, 0.15) is 0 Å². The third-order valence-corrected chi connectivity index (χ3v) is 4.52. The van der Waals surface area contributed by atoms with Gasteiger partial charge in [0.15, 0.2) is 0 Å². The molecule has 0 radical (unpaired) electrons. The Morgan fingerprint density at radius 3 is 2.31 bits per heavy atom. The van der Waals surface area contributed by atoms with Crippen molar-refractivity contribution in [3.63, 3.8) is 0 Å². The third kappa shape index (κ3) is 4.08. The van der Waals surface area contributed by atoms with Gasteiger partial charge in [0.2, 0.25) is 0 Å². The number of alkyl halides is 3. The lowest BCUT2D eigenvalue weighted by molar-refractivity contribution is -0.0483. The van der Waals surface area contributed by atoms with E-state index < -0.39 is 28.6 Å². The molecule has 0 aliphatic rings. The summed E-state index contributed by atoms with van der Waals surface area (Å²) in [5.41, 5.74) is -5.36. The fraction of sp³-hybridized carbons (Fsp3) is 0.429. The second kappa shape index (κ2) is 6.05. The van der Waals surface area contributed by atoms with Crippen molar-refractivity contribution in [3.8, 4) is 12.3 Å². The van der Waals surface area contributed by atoms with Crippen molar-refractivity contribution in [3.05, 3.63) is 9.47 Å². The maximum absolute atomic E-state index is 12.2. The monoisotopic (exact) mass is 383 g/mol. The SMILES string of the molecule is C#CCN(CC(Br)=CBr)S(=O)(=O)C(F)(F)F. The summed E-state index contributed by atoms with van der Waals surface area (Å²) in [6.07, 6.45) is 4.82. The van der Waals surface area contributed by atoms with Crippen molar-refractivity contribution in [2.24, 2.45) is 0 Å². The Labute approximate surface area is 108 Å². The first-order valence-corrected chi connectivity index (χ1v) is 6.76. The first-order chi connectivity index (χ1) is 7.16. The molecule has 0 heterocycles. The standard InChI is InChI=1S/C7H6Br2F3NO2S/c1-2-3-13(5-6(9)4-8)16(14,15)7(10,11)12/h1,4H,3,5H2. The Morgan fingerprint density at radius 2 is 2.00 bits per heavy atom. The summed E-state index contributed by atoms with van der Waals surface area (Å²) >= 11 is 5.73. The second-order valence-corrected chi connectivity index (χ2v) is 5.88. The zero-order chi connectivity index (χ0) is 13.0. The molecule has 16 heavy (non-hydrogen) atoms. The van der Waals surface area contributed by atoms with E-state index in [0.29, 0.717) is 0 Å². The topological polar surface area (TPSA) is 37.4 Å². The summed E-state index contributed by atoms with van der Waals surface area (Å²) in [7, 11) is -5.41. The Bertz CT molecular complexity index is 410. The molecule has 0 rings (SSSR count). The average Bonchev–Trinajstić information content (AvgIpc) is 2.15. The number of halogens is 5. The molecule has 0 aromatic carbocycles. The molecular formula is C7H6Br2F3NO2S. The summed E-state index contributed by atoms with van der Waals surface area (Å²) in [6.45, 7) is -1.14. The molecule has 0 fully saturated rings. The summed E-state index contributed by atoms with van der Waals surface area (Å²) < 4.78 is 59.1. The van der Waals surface area contributed by atoms with Crippen molar-refractivity contribution < 1.29 is 21.6 Å². The van der Waals surface area contributed by atoms with E-state index >= 15 is 0 Å². The highest BCUT2D eigenvalue weighted by atomic mass is 79.9. The molecule has 0 bridgehead atoms. The largest absolute Gasteiger partial charge is 0.511 e. The van der Waals surface area contributed by atoms with E-state index in [9.17, 15) is 21.6 Å². The van der Waals surface area contributed by atoms with E-state index in [-0.39, 0.29) is 8.79 Å². The molecule has 0 aliphatic carbocycles. The lowest BCUT2D eigenvalue weighted by Gasteiger charge is -2.20. The van der Waals surface area contributed by atoms with E-state index in [4.69, 9.17) is 6.42 Å². The Kier molecular flexibility index (Phi) is 6.03. The minimum Gasteiger partial charge on any atom is -0.203 e. The normalized spacial score (nSPS) is 13.9. The van der Waals surface area contributed by atoms with Crippen LogP contribution in [0.1, 0.15) is 0 Å². The van der Waals surface area contributed by atoms with Crippen molar-refractivity contribution in [1.29, 1.82) is 0 Å². The van der Waals surface area contributed by atoms with Crippen LogP contribution in [0.3, 0.4) is 0 Å². The molecule has 0 unspecified atom stereocenters. The molecule has 0 aromatic heterocycles. The first-order valence-electron chi connectivity index (χ1n) is 3.61. The van der Waals surface area contributed by atoms with Crippen LogP contribution in [0, 0.1) is 12.3 Å². The Balaban J connectivity index is 5.17. The number of sulfonamides is 1. The van der Waals surface area contributed by atoms with Gasteiger partial charge in [-0.1, -0.05) is 37.8 Å². The molecule has 0 saturated heterocycles. The fourth-order valence-corrected chi connectivity index (χ4v) is 2.14. The lowest BCUT2D eigenvalue weighted by Crippen LogP contribution is -2.41. The quantitative estimate of drug-likeness (QED) is 0.698. The minimum absolute atomic E-state index is 0.148. The predicted octanol–water partition coefficient (Wildman–Crippen LogP) is 2.40. The van der Waals surface area contributed by atoms with Gasteiger partial charge in [-0.2, -0.15) is 17.5 Å². The maximum atomic E-state index is 12.2. The maximum Gasteiger partial charge on any atom is 0.511 e. The summed E-state index contributed by atoms with van der Waals surface area (Å²) in [5, 5.41) is 0. The van der Waals surface area contributed by atoms with Crippen LogP contribution in [-0.4, -0.2) is 31.3 Å². The molecule has 0 atom stereocenters. The third-order valence-electron chi connectivity index (χ3n) is 1.35. The van der Waals surface area contributed by atoms with Crippen molar-refractivity contribution in [1.82, 2.24) is 4.31 Å². The van der Waals surface area contributed by atoms with Gasteiger partial charge in [0.25, 0.3) is 0 Å². The molecule has 92 valence electrons. The van der Waals surface area contributed by atoms with Gasteiger partial charge >= 0.3 is 15.5 Å². The van der Waals surface area contributed by atoms with Crippen molar-refractivity contribution >= 4 is 41.9 Å². The zero-order valence-electron chi connectivity index (χ0n) is 7.63. The van der Waals surface area contributed by atoms with E-state index in [1.807, 2.05) is 5.92 Å². The fourth-order valence-electron chi connectivity index (χ4n) is 0.677. The number of hydrogen-bond donors (Lipinski definition) is 0. The summed E-state index contributed by atoms with van der Waals surface area (Å²) in [5.74, 6) is 1.86. The van der Waals surface area contributed by atoms with E-state index in [1.54, 1.807) is 0 Å². The number of hydrogen-bond acceptors (Lipinski definition) is 2. The van der Waals surface area contributed by atoms with Gasteiger partial charge in [-0.3, -0.25) is 0 Å². The highest BCUT2D eigenvalue weighted by molar-refractivity contribution is 9.14. The molecule has 3 nitrogen and oxygen atoms in total. The van der Waals surface area contributed by atoms with Gasteiger partial charge in [0, 0.05) is 11.0 Å². The van der Waals surface area contributed by atoms with Gasteiger partial charge in [-0.25, -0.2) is 8.42 Å². The Morgan fingerprint density at radius 1 is 1.50 bits per heavy atom. The van der Waals surface area contributed by atoms with Gasteiger partial charge in [0.05, 0.1) is 6.54 Å². The second-order valence-electron chi connectivity index (χ2n) is 2.48. The first kappa shape index (κ1) is 16.0. The summed E-state index contributed by atoms with van der Waals surface area (Å²) in [6, 6.07) is 0. The minimum atomic E-state index is -5.41. The van der Waals surface area contributed by atoms with Gasteiger partial charge in [-0.15, -0.1) is 6.42 Å². The molecule has 0 N–H and O–H groups in total. The molecule has 0 spiro atoms. The number of rotatable bonds is 4. The molecule has 9 heteroatoms. The van der Waals surface area contributed by atoms with Crippen LogP contribution < -0.4 is 0 Å². The number of terminal acetylenes is 1. The summed E-state index contributed by atoms with van der Waals surface area (Å²) in [4.78, 5) is 1.25. The Hall–Kier alpha value is -0.0400. The van der Waals surface area contributed by atoms with E-state index in [0.717, 1.165) is 0 Å². The molecule has 0 aliphatic heterocycles. The van der Waals surface area contributed by atoms with Gasteiger partial charge in [-0.05, 0) is 4.99 Å². The molecule has 0 aromatic rings. The van der Waals surface area contributed by atoms with Crippen LogP contribution in [0.4, 0.5) is 13.2 Å². The van der Waals surface area contributed by atoms with Gasteiger partial charge < -0.3 is 0 Å². The molecule has 0 amide bonds. The molecular weight excluding hydrogens is 379 g/mol. The highest BCUT2D eigenvalue weighted by Gasteiger charge is 2.49. The van der Waals surface area contributed by atoms with Crippen LogP contribution in [0.25, 0.3) is 0 Å². The number of nitrogens with zero attached hydrogens (tertiary/aromatic N) is 1. The highest BCUT2D eigenvalue weighted by Crippen LogP contribution is 2.27. The van der Waals surface area contributed by atoms with E-state index in [1.165, 1.54) is 4.99 Å². The van der Waals surface area contributed by atoms with Crippen molar-refractivity contribution in [2.75, 3.05) is 13.1 Å². The van der Waals surface area contributed by atoms with Crippen molar-refractivity contribution in [2.45, 2.75) is 5.51 Å². The predicted molar refractivity (Wildman–Crippen MR) is 61.3 cm³/mol. The van der Waals surface area contributed by atoms with Crippen LogP contribution in [0.5, 0.6) is 0 Å². The van der Waals surface area contributed by atoms with Crippen LogP contribution >= 0.6 is 31.9 Å². The van der Waals surface area contributed by atoms with Crippen LogP contribution in [0.15, 0.2) is 9.47 Å². The smallest absolute Gasteiger partial charge is 0.203 e. The lowest BCUT2D eigenvalue weighted by atomic mass is 10.6. The average molecular weight is 385 g/mol. The van der Waals surface area contributed by atoms with Crippen LogP contribution in [-0.2, 0) is 10.0 Å². The molecule has 0 saturated carbocycles. The van der Waals surface area contributed by atoms with Crippen LogP contribution in [0.2, 0.25) is 0 Å². The zero-order valence-corrected chi connectivity index (χ0v) is 11.6.